The third-order valence-electron chi connectivity index (χ3n) is 4.45. The molecule has 120 valence electrons. The Kier molecular flexibility index (Phi) is 4.96. The molecule has 0 aliphatic heterocycles. The molecule has 0 bridgehead atoms. The minimum Gasteiger partial charge on any atom is -0.356 e. The van der Waals surface area contributed by atoms with E-state index >= 15 is 0 Å². The molecule has 23 heavy (non-hydrogen) atoms. The summed E-state index contributed by atoms with van der Waals surface area (Å²) >= 11 is 0. The van der Waals surface area contributed by atoms with E-state index in [1.807, 2.05) is 7.05 Å². The number of nitrogens with one attached hydrogen (secondary N) is 2. The zero-order valence-corrected chi connectivity index (χ0v) is 13.9. The second-order valence-corrected chi connectivity index (χ2v) is 6.31. The van der Waals surface area contributed by atoms with Crippen LogP contribution in [0.25, 0.3) is 0 Å². The van der Waals surface area contributed by atoms with E-state index in [0.29, 0.717) is 5.92 Å². The average molecular weight is 307 g/mol. The third kappa shape index (κ3) is 4.35. The molecule has 3 rings (SSSR count). The van der Waals surface area contributed by atoms with Gasteiger partial charge in [0.15, 0.2) is 5.96 Å². The maximum absolute atomic E-state index is 4.32. The number of aliphatic imine (C=N–C) groups is 1. The SMILES string of the molecule is CN=C(NCc1cccc(C)c1)NCC1CC1c1ccccc1. The van der Waals surface area contributed by atoms with Crippen LogP contribution in [0, 0.1) is 12.8 Å². The van der Waals surface area contributed by atoms with Gasteiger partial charge < -0.3 is 10.6 Å². The number of rotatable bonds is 5. The molecule has 0 heterocycles. The number of nitrogens with zero attached hydrogens (tertiary/aromatic N) is 1. The van der Waals surface area contributed by atoms with Gasteiger partial charge in [0.25, 0.3) is 0 Å². The maximum atomic E-state index is 4.32. The molecule has 3 heteroatoms. The number of hydrogen-bond acceptors (Lipinski definition) is 1. The lowest BCUT2D eigenvalue weighted by molar-refractivity contribution is 0.719. The lowest BCUT2D eigenvalue weighted by Crippen LogP contribution is -2.38. The first-order valence-corrected chi connectivity index (χ1v) is 8.31. The van der Waals surface area contributed by atoms with E-state index in [9.17, 15) is 0 Å². The van der Waals surface area contributed by atoms with Gasteiger partial charge >= 0.3 is 0 Å². The summed E-state index contributed by atoms with van der Waals surface area (Å²) in [5.41, 5.74) is 4.03. The van der Waals surface area contributed by atoms with Gasteiger partial charge in [0.1, 0.15) is 0 Å². The molecule has 0 aromatic heterocycles. The van der Waals surface area contributed by atoms with E-state index in [2.05, 4.69) is 77.1 Å². The van der Waals surface area contributed by atoms with Crippen LogP contribution in [0.5, 0.6) is 0 Å². The molecule has 1 aliphatic carbocycles. The summed E-state index contributed by atoms with van der Waals surface area (Å²) in [5.74, 6) is 2.30. The Bertz CT molecular complexity index is 664. The van der Waals surface area contributed by atoms with Gasteiger partial charge in [-0.25, -0.2) is 0 Å². The topological polar surface area (TPSA) is 36.4 Å². The zero-order chi connectivity index (χ0) is 16.1. The van der Waals surface area contributed by atoms with Gasteiger partial charge in [-0.2, -0.15) is 0 Å². The second kappa shape index (κ2) is 7.32. The van der Waals surface area contributed by atoms with Gasteiger partial charge in [-0.3, -0.25) is 4.99 Å². The van der Waals surface area contributed by atoms with E-state index in [1.54, 1.807) is 0 Å². The number of hydrogen-bond donors (Lipinski definition) is 2. The largest absolute Gasteiger partial charge is 0.356 e. The van der Waals surface area contributed by atoms with E-state index in [1.165, 1.54) is 23.1 Å². The van der Waals surface area contributed by atoms with Crippen LogP contribution in [0.1, 0.15) is 29.0 Å². The summed E-state index contributed by atoms with van der Waals surface area (Å²) in [7, 11) is 1.83. The Labute approximate surface area is 138 Å². The lowest BCUT2D eigenvalue weighted by atomic mass is 10.1. The van der Waals surface area contributed by atoms with Crippen molar-refractivity contribution in [2.45, 2.75) is 25.8 Å². The van der Waals surface area contributed by atoms with Gasteiger partial charge in [-0.1, -0.05) is 60.2 Å². The number of aryl methyl sites for hydroxylation is 1. The molecule has 2 aromatic rings. The summed E-state index contributed by atoms with van der Waals surface area (Å²) in [6.45, 7) is 3.90. The number of guanidine groups is 1. The fraction of sp³-hybridized carbons (Fsp3) is 0.350. The summed E-state index contributed by atoms with van der Waals surface area (Å²) in [5, 5.41) is 6.84. The highest BCUT2D eigenvalue weighted by molar-refractivity contribution is 5.79. The molecule has 0 spiro atoms. The summed E-state index contributed by atoms with van der Waals surface area (Å²) in [6, 6.07) is 19.3. The highest BCUT2D eigenvalue weighted by Crippen LogP contribution is 2.46. The van der Waals surface area contributed by atoms with Crippen molar-refractivity contribution in [3.63, 3.8) is 0 Å². The molecular weight excluding hydrogens is 282 g/mol. The predicted molar refractivity (Wildman–Crippen MR) is 96.7 cm³/mol. The lowest BCUT2D eigenvalue weighted by Gasteiger charge is -2.12. The highest BCUT2D eigenvalue weighted by atomic mass is 15.2. The van der Waals surface area contributed by atoms with Crippen LogP contribution >= 0.6 is 0 Å². The highest BCUT2D eigenvalue weighted by Gasteiger charge is 2.37. The minimum atomic E-state index is 0.707. The van der Waals surface area contributed by atoms with Crippen molar-refractivity contribution in [1.29, 1.82) is 0 Å². The van der Waals surface area contributed by atoms with Gasteiger partial charge in [-0.15, -0.1) is 0 Å². The third-order valence-corrected chi connectivity index (χ3v) is 4.45. The molecule has 1 saturated carbocycles. The van der Waals surface area contributed by atoms with Crippen LogP contribution in [0.15, 0.2) is 59.6 Å². The van der Waals surface area contributed by atoms with Gasteiger partial charge in [0.05, 0.1) is 0 Å². The van der Waals surface area contributed by atoms with Crippen LogP contribution in [0.4, 0.5) is 0 Å². The Morgan fingerprint density at radius 3 is 2.65 bits per heavy atom. The average Bonchev–Trinajstić information content (AvgIpc) is 3.36. The van der Waals surface area contributed by atoms with Gasteiger partial charge in [0, 0.05) is 20.1 Å². The molecule has 2 aromatic carbocycles. The summed E-state index contributed by atoms with van der Waals surface area (Å²) in [6.07, 6.45) is 1.27. The first-order chi connectivity index (χ1) is 11.3. The maximum Gasteiger partial charge on any atom is 0.191 e. The van der Waals surface area contributed by atoms with Crippen molar-refractivity contribution in [1.82, 2.24) is 10.6 Å². The fourth-order valence-electron chi connectivity index (χ4n) is 3.04. The van der Waals surface area contributed by atoms with Crippen LogP contribution < -0.4 is 10.6 Å². The van der Waals surface area contributed by atoms with E-state index in [0.717, 1.165) is 25.0 Å². The summed E-state index contributed by atoms with van der Waals surface area (Å²) < 4.78 is 0. The number of benzene rings is 2. The molecule has 2 N–H and O–H groups in total. The quantitative estimate of drug-likeness (QED) is 0.655. The monoisotopic (exact) mass is 307 g/mol. The van der Waals surface area contributed by atoms with Gasteiger partial charge in [-0.05, 0) is 36.3 Å². The molecule has 3 nitrogen and oxygen atoms in total. The fourth-order valence-corrected chi connectivity index (χ4v) is 3.04. The predicted octanol–water partition coefficient (Wildman–Crippen LogP) is 3.46. The zero-order valence-electron chi connectivity index (χ0n) is 13.9. The summed E-state index contributed by atoms with van der Waals surface area (Å²) in [4.78, 5) is 4.32. The molecule has 0 radical (unpaired) electrons. The first kappa shape index (κ1) is 15.6. The standard InChI is InChI=1S/C20H25N3/c1-15-7-6-8-16(11-15)13-22-20(21-2)23-14-18-12-19(18)17-9-4-3-5-10-17/h3-11,18-19H,12-14H2,1-2H3,(H2,21,22,23). The van der Waals surface area contributed by atoms with E-state index in [4.69, 9.17) is 0 Å². The second-order valence-electron chi connectivity index (χ2n) is 6.31. The Morgan fingerprint density at radius 2 is 1.91 bits per heavy atom. The molecule has 2 atom stereocenters. The normalized spacial score (nSPS) is 20.2. The minimum absolute atomic E-state index is 0.707. The Morgan fingerprint density at radius 1 is 1.09 bits per heavy atom. The van der Waals surface area contributed by atoms with Crippen LogP contribution in [-0.2, 0) is 6.54 Å². The van der Waals surface area contributed by atoms with Crippen molar-refractivity contribution in [2.75, 3.05) is 13.6 Å². The van der Waals surface area contributed by atoms with Gasteiger partial charge in [0.2, 0.25) is 0 Å². The Balaban J connectivity index is 1.44. The van der Waals surface area contributed by atoms with Crippen molar-refractivity contribution < 1.29 is 0 Å². The molecule has 1 aliphatic rings. The molecular formula is C20H25N3. The molecule has 0 saturated heterocycles. The van der Waals surface area contributed by atoms with Crippen molar-refractivity contribution in [3.8, 4) is 0 Å². The molecule has 0 amide bonds. The van der Waals surface area contributed by atoms with Crippen LogP contribution in [-0.4, -0.2) is 19.6 Å². The van der Waals surface area contributed by atoms with E-state index < -0.39 is 0 Å². The van der Waals surface area contributed by atoms with Crippen LogP contribution in [0.3, 0.4) is 0 Å². The van der Waals surface area contributed by atoms with Crippen molar-refractivity contribution in [3.05, 3.63) is 71.3 Å². The smallest absolute Gasteiger partial charge is 0.191 e. The first-order valence-electron chi connectivity index (χ1n) is 8.31. The van der Waals surface area contributed by atoms with E-state index in [-0.39, 0.29) is 0 Å². The molecule has 2 unspecified atom stereocenters. The molecule has 1 fully saturated rings. The van der Waals surface area contributed by atoms with Crippen molar-refractivity contribution >= 4 is 5.96 Å². The van der Waals surface area contributed by atoms with Crippen molar-refractivity contribution in [2.24, 2.45) is 10.9 Å². The Hall–Kier alpha value is -2.29. The van der Waals surface area contributed by atoms with Crippen LogP contribution in [0.2, 0.25) is 0 Å².